The molecule has 2 aromatic heterocycles. The third-order valence-electron chi connectivity index (χ3n) is 4.26. The predicted molar refractivity (Wildman–Crippen MR) is 116 cm³/mol. The monoisotopic (exact) mass is 376 g/mol. The van der Waals surface area contributed by atoms with Crippen LogP contribution in [0.5, 0.6) is 5.75 Å². The standard InChI is InChI=1S/C21H24N6O/c1-13-10-18(26-17(13)8-9-22-3)16-12-15(6-7-19(16)28-5)25-21-24-14(2)11-20(23-4)27-21/h6-12,26H,3H2,1-2,4-5H3,(H2,23,24,25,27)/b9-8-. The van der Waals surface area contributed by atoms with Crippen LogP contribution >= 0.6 is 0 Å². The molecule has 0 saturated carbocycles. The zero-order valence-corrected chi connectivity index (χ0v) is 16.5. The zero-order valence-electron chi connectivity index (χ0n) is 16.5. The van der Waals surface area contributed by atoms with E-state index < -0.39 is 0 Å². The van der Waals surface area contributed by atoms with Crippen molar-refractivity contribution >= 4 is 30.2 Å². The molecule has 0 atom stereocenters. The summed E-state index contributed by atoms with van der Waals surface area (Å²) in [5.74, 6) is 2.06. The van der Waals surface area contributed by atoms with Gasteiger partial charge in [-0.2, -0.15) is 4.98 Å². The minimum atomic E-state index is 0.531. The Labute approximate surface area is 164 Å². The molecular weight excluding hydrogens is 352 g/mol. The lowest BCUT2D eigenvalue weighted by atomic mass is 10.1. The molecule has 3 rings (SSSR count). The van der Waals surface area contributed by atoms with E-state index in [1.54, 1.807) is 13.3 Å². The van der Waals surface area contributed by atoms with Crippen LogP contribution in [0.25, 0.3) is 17.3 Å². The van der Waals surface area contributed by atoms with Gasteiger partial charge in [-0.25, -0.2) is 4.98 Å². The van der Waals surface area contributed by atoms with Crippen LogP contribution in [-0.2, 0) is 0 Å². The van der Waals surface area contributed by atoms with Gasteiger partial charge in [0.1, 0.15) is 11.6 Å². The highest BCUT2D eigenvalue weighted by atomic mass is 16.5. The van der Waals surface area contributed by atoms with Crippen molar-refractivity contribution in [3.63, 3.8) is 0 Å². The Hall–Kier alpha value is -3.61. The van der Waals surface area contributed by atoms with Crippen molar-refractivity contribution in [1.82, 2.24) is 15.0 Å². The number of benzene rings is 1. The summed E-state index contributed by atoms with van der Waals surface area (Å²) in [4.78, 5) is 16.1. The molecule has 0 bridgehead atoms. The van der Waals surface area contributed by atoms with E-state index in [1.807, 2.05) is 51.2 Å². The van der Waals surface area contributed by atoms with Crippen molar-refractivity contribution in [2.24, 2.45) is 4.99 Å². The van der Waals surface area contributed by atoms with Gasteiger partial charge in [0.25, 0.3) is 0 Å². The number of H-pyrrole nitrogens is 1. The normalized spacial score (nSPS) is 10.9. The van der Waals surface area contributed by atoms with Gasteiger partial charge in [-0.05, 0) is 56.5 Å². The summed E-state index contributed by atoms with van der Waals surface area (Å²) in [7, 11) is 3.49. The highest BCUT2D eigenvalue weighted by molar-refractivity contribution is 5.75. The van der Waals surface area contributed by atoms with Crippen LogP contribution in [0, 0.1) is 13.8 Å². The third-order valence-corrected chi connectivity index (χ3v) is 4.26. The molecule has 1 aromatic carbocycles. The van der Waals surface area contributed by atoms with Gasteiger partial charge in [-0.15, -0.1) is 0 Å². The molecule has 0 aliphatic heterocycles. The Morgan fingerprint density at radius 2 is 2.00 bits per heavy atom. The molecule has 3 aromatic rings. The Kier molecular flexibility index (Phi) is 5.74. The van der Waals surface area contributed by atoms with E-state index in [4.69, 9.17) is 4.74 Å². The van der Waals surface area contributed by atoms with Crippen molar-refractivity contribution in [3.05, 3.63) is 53.5 Å². The second kappa shape index (κ2) is 8.39. The van der Waals surface area contributed by atoms with E-state index >= 15 is 0 Å². The summed E-state index contributed by atoms with van der Waals surface area (Å²) >= 11 is 0. The molecule has 0 amide bonds. The number of aliphatic imine (C=N–C) groups is 1. The van der Waals surface area contributed by atoms with E-state index in [0.717, 1.165) is 45.5 Å². The van der Waals surface area contributed by atoms with Crippen LogP contribution in [0.3, 0.4) is 0 Å². The number of methoxy groups -OCH3 is 1. The van der Waals surface area contributed by atoms with Gasteiger partial charge in [0.05, 0.1) is 7.11 Å². The van der Waals surface area contributed by atoms with E-state index in [-0.39, 0.29) is 0 Å². The maximum atomic E-state index is 5.56. The Balaban J connectivity index is 1.98. The molecule has 0 unspecified atom stereocenters. The molecule has 7 heteroatoms. The van der Waals surface area contributed by atoms with Gasteiger partial charge in [-0.1, -0.05) is 0 Å². The predicted octanol–water partition coefficient (Wildman–Crippen LogP) is 4.55. The quantitative estimate of drug-likeness (QED) is 0.527. The molecule has 0 fully saturated rings. The summed E-state index contributed by atoms with van der Waals surface area (Å²) < 4.78 is 5.56. The summed E-state index contributed by atoms with van der Waals surface area (Å²) in [5.41, 5.74) is 5.70. The molecule has 0 spiro atoms. The number of nitrogens with one attached hydrogen (secondary N) is 3. The van der Waals surface area contributed by atoms with Crippen LogP contribution in [-0.4, -0.2) is 35.8 Å². The SMILES string of the molecule is C=N/C=C\c1[nH]c(-c2cc(Nc3nc(C)cc(NC)n3)ccc2OC)cc1C. The van der Waals surface area contributed by atoms with Crippen molar-refractivity contribution in [3.8, 4) is 17.0 Å². The lowest BCUT2D eigenvalue weighted by Crippen LogP contribution is -2.02. The highest BCUT2D eigenvalue weighted by Crippen LogP contribution is 2.34. The fourth-order valence-electron chi connectivity index (χ4n) is 2.90. The van der Waals surface area contributed by atoms with Crippen molar-refractivity contribution < 1.29 is 4.74 Å². The topological polar surface area (TPSA) is 87.2 Å². The lowest BCUT2D eigenvalue weighted by Gasteiger charge is -2.12. The molecule has 0 radical (unpaired) electrons. The van der Waals surface area contributed by atoms with Crippen molar-refractivity contribution in [1.29, 1.82) is 0 Å². The molecule has 3 N–H and O–H groups in total. The number of aryl methyl sites for hydroxylation is 2. The number of hydrogen-bond acceptors (Lipinski definition) is 6. The summed E-state index contributed by atoms with van der Waals surface area (Å²) in [6.45, 7) is 7.44. The molecular formula is C21H24N6O. The second-order valence-electron chi connectivity index (χ2n) is 6.29. The number of anilines is 3. The molecule has 28 heavy (non-hydrogen) atoms. The fraction of sp³-hybridized carbons (Fsp3) is 0.190. The largest absolute Gasteiger partial charge is 0.496 e. The average molecular weight is 376 g/mol. The van der Waals surface area contributed by atoms with E-state index in [9.17, 15) is 0 Å². The molecule has 2 heterocycles. The maximum Gasteiger partial charge on any atom is 0.229 e. The Bertz CT molecular complexity index is 1020. The van der Waals surface area contributed by atoms with Gasteiger partial charge >= 0.3 is 0 Å². The van der Waals surface area contributed by atoms with Gasteiger partial charge in [0.15, 0.2) is 0 Å². The Morgan fingerprint density at radius 3 is 2.71 bits per heavy atom. The van der Waals surface area contributed by atoms with Crippen LogP contribution in [0.2, 0.25) is 0 Å². The highest BCUT2D eigenvalue weighted by Gasteiger charge is 2.12. The molecule has 0 saturated heterocycles. The lowest BCUT2D eigenvalue weighted by molar-refractivity contribution is 0.416. The number of nitrogens with zero attached hydrogens (tertiary/aromatic N) is 3. The van der Waals surface area contributed by atoms with E-state index in [0.29, 0.717) is 5.95 Å². The van der Waals surface area contributed by atoms with Gasteiger partial charge < -0.3 is 20.4 Å². The number of aromatic amines is 1. The first-order valence-electron chi connectivity index (χ1n) is 8.85. The van der Waals surface area contributed by atoms with Crippen LogP contribution in [0.1, 0.15) is 17.0 Å². The summed E-state index contributed by atoms with van der Waals surface area (Å²) in [5, 5.41) is 6.31. The first kappa shape index (κ1) is 19.2. The van der Waals surface area contributed by atoms with E-state index in [2.05, 4.69) is 43.4 Å². The first-order valence-corrected chi connectivity index (χ1v) is 8.85. The van der Waals surface area contributed by atoms with Crippen LogP contribution < -0.4 is 15.4 Å². The zero-order chi connectivity index (χ0) is 20.1. The summed E-state index contributed by atoms with van der Waals surface area (Å²) in [6.07, 6.45) is 3.55. The van der Waals surface area contributed by atoms with Crippen LogP contribution in [0.15, 0.2) is 41.5 Å². The average Bonchev–Trinajstić information content (AvgIpc) is 3.06. The smallest absolute Gasteiger partial charge is 0.229 e. The van der Waals surface area contributed by atoms with E-state index in [1.165, 1.54) is 0 Å². The number of aromatic nitrogens is 3. The maximum absolute atomic E-state index is 5.56. The third kappa shape index (κ3) is 4.20. The van der Waals surface area contributed by atoms with Gasteiger partial charge in [0.2, 0.25) is 5.95 Å². The van der Waals surface area contributed by atoms with Gasteiger partial charge in [0, 0.05) is 47.6 Å². The number of hydrogen-bond donors (Lipinski definition) is 3. The second-order valence-corrected chi connectivity index (χ2v) is 6.29. The number of ether oxygens (including phenoxy) is 1. The molecule has 0 aliphatic carbocycles. The van der Waals surface area contributed by atoms with Crippen molar-refractivity contribution in [2.45, 2.75) is 13.8 Å². The molecule has 7 nitrogen and oxygen atoms in total. The minimum Gasteiger partial charge on any atom is -0.496 e. The number of rotatable bonds is 7. The van der Waals surface area contributed by atoms with Gasteiger partial charge in [-0.3, -0.25) is 4.99 Å². The minimum absolute atomic E-state index is 0.531. The Morgan fingerprint density at radius 1 is 1.18 bits per heavy atom. The molecule has 144 valence electrons. The van der Waals surface area contributed by atoms with Crippen LogP contribution in [0.4, 0.5) is 17.5 Å². The fourth-order valence-corrected chi connectivity index (χ4v) is 2.90. The first-order chi connectivity index (χ1) is 13.5. The van der Waals surface area contributed by atoms with Crippen molar-refractivity contribution in [2.75, 3.05) is 24.8 Å². The summed E-state index contributed by atoms with van der Waals surface area (Å²) in [6, 6.07) is 9.83. The molecule has 0 aliphatic rings.